The molecule has 0 bridgehead atoms. The Labute approximate surface area is 108 Å². The van der Waals surface area contributed by atoms with E-state index < -0.39 is 0 Å². The third-order valence-corrected chi connectivity index (χ3v) is 3.71. The minimum Gasteiger partial charge on any atom is -0.298 e. The van der Waals surface area contributed by atoms with Crippen molar-refractivity contribution >= 4 is 11.6 Å². The fourth-order valence-electron chi connectivity index (χ4n) is 2.22. The lowest BCUT2D eigenvalue weighted by Gasteiger charge is -2.36. The van der Waals surface area contributed by atoms with E-state index in [1.165, 1.54) is 0 Å². The highest BCUT2D eigenvalue weighted by molar-refractivity contribution is 6.30. The molecule has 1 aromatic heterocycles. The average Bonchev–Trinajstić information content (AvgIpc) is 2.33. The maximum Gasteiger partial charge on any atom is 0.133 e. The fraction of sp³-hybridized carbons (Fsp3) is 0.615. The van der Waals surface area contributed by atoms with E-state index in [9.17, 15) is 0 Å². The molecule has 0 radical (unpaired) electrons. The number of piperazine rings is 1. The Bertz CT molecular complexity index is 359. The molecule has 0 aromatic carbocycles. The summed E-state index contributed by atoms with van der Waals surface area (Å²) in [6.45, 7) is 9.96. The summed E-state index contributed by atoms with van der Waals surface area (Å²) in [4.78, 5) is 9.08. The third kappa shape index (κ3) is 3.41. The molecule has 17 heavy (non-hydrogen) atoms. The highest BCUT2D eigenvalue weighted by atomic mass is 35.5. The summed E-state index contributed by atoms with van der Waals surface area (Å²) in [5.41, 5.74) is 1.13. The van der Waals surface area contributed by atoms with Gasteiger partial charge in [0.15, 0.2) is 0 Å². The van der Waals surface area contributed by atoms with Gasteiger partial charge in [0.1, 0.15) is 5.15 Å². The van der Waals surface area contributed by atoms with Crippen LogP contribution in [0.5, 0.6) is 0 Å². The van der Waals surface area contributed by atoms with Crippen molar-refractivity contribution in [3.63, 3.8) is 0 Å². The van der Waals surface area contributed by atoms with Gasteiger partial charge in [-0.3, -0.25) is 9.80 Å². The van der Waals surface area contributed by atoms with Gasteiger partial charge in [0.2, 0.25) is 0 Å². The monoisotopic (exact) mass is 253 g/mol. The van der Waals surface area contributed by atoms with Crippen LogP contribution >= 0.6 is 11.6 Å². The topological polar surface area (TPSA) is 19.4 Å². The van der Waals surface area contributed by atoms with Crippen molar-refractivity contribution < 1.29 is 0 Å². The van der Waals surface area contributed by atoms with Crippen molar-refractivity contribution in [1.82, 2.24) is 14.8 Å². The number of aromatic nitrogens is 1. The van der Waals surface area contributed by atoms with Gasteiger partial charge in [-0.1, -0.05) is 17.7 Å². The van der Waals surface area contributed by atoms with Crippen molar-refractivity contribution in [3.05, 3.63) is 29.0 Å². The molecule has 1 fully saturated rings. The lowest BCUT2D eigenvalue weighted by atomic mass is 10.2. The van der Waals surface area contributed by atoms with Gasteiger partial charge in [-0.2, -0.15) is 0 Å². The Morgan fingerprint density at radius 3 is 2.59 bits per heavy atom. The summed E-state index contributed by atoms with van der Waals surface area (Å²) in [6, 6.07) is 4.66. The van der Waals surface area contributed by atoms with Gasteiger partial charge >= 0.3 is 0 Å². The van der Waals surface area contributed by atoms with E-state index in [2.05, 4.69) is 34.7 Å². The number of rotatable bonds is 3. The highest BCUT2D eigenvalue weighted by Gasteiger charge is 2.19. The van der Waals surface area contributed by atoms with E-state index >= 15 is 0 Å². The van der Waals surface area contributed by atoms with Gasteiger partial charge in [0.05, 0.1) is 0 Å². The molecule has 1 aliphatic heterocycles. The van der Waals surface area contributed by atoms with Crippen LogP contribution in [0, 0.1) is 0 Å². The quantitative estimate of drug-likeness (QED) is 0.771. The van der Waals surface area contributed by atoms with E-state index in [0.29, 0.717) is 11.2 Å². The van der Waals surface area contributed by atoms with Crippen molar-refractivity contribution in [3.8, 4) is 0 Å². The third-order valence-electron chi connectivity index (χ3n) is 3.37. The van der Waals surface area contributed by atoms with Crippen LogP contribution < -0.4 is 0 Å². The van der Waals surface area contributed by atoms with Crippen LogP contribution in [0.15, 0.2) is 18.3 Å². The van der Waals surface area contributed by atoms with Crippen LogP contribution in [0.1, 0.15) is 19.4 Å². The van der Waals surface area contributed by atoms with E-state index in [1.54, 1.807) is 6.20 Å². The molecule has 0 amide bonds. The number of hydrogen-bond donors (Lipinski definition) is 0. The Balaban J connectivity index is 1.88. The Morgan fingerprint density at radius 2 is 2.00 bits per heavy atom. The Kier molecular flexibility index (Phi) is 4.37. The zero-order valence-corrected chi connectivity index (χ0v) is 11.3. The molecule has 2 rings (SSSR count). The molecule has 0 spiro atoms. The van der Waals surface area contributed by atoms with Gasteiger partial charge < -0.3 is 0 Å². The van der Waals surface area contributed by atoms with E-state index in [1.807, 2.05) is 6.07 Å². The first-order valence-electron chi connectivity index (χ1n) is 6.22. The van der Waals surface area contributed by atoms with Crippen LogP contribution in [-0.2, 0) is 6.54 Å². The van der Waals surface area contributed by atoms with Crippen LogP contribution in [0.3, 0.4) is 0 Å². The first-order chi connectivity index (χ1) is 8.16. The smallest absolute Gasteiger partial charge is 0.133 e. The first kappa shape index (κ1) is 12.8. The maximum atomic E-state index is 6.07. The number of halogens is 1. The fourth-order valence-corrected chi connectivity index (χ4v) is 2.40. The molecule has 0 unspecified atom stereocenters. The zero-order chi connectivity index (χ0) is 12.3. The molecule has 0 saturated carbocycles. The second-order valence-electron chi connectivity index (χ2n) is 4.86. The van der Waals surface area contributed by atoms with E-state index in [4.69, 9.17) is 11.6 Å². The average molecular weight is 254 g/mol. The normalized spacial score (nSPS) is 18.8. The molecule has 0 aliphatic carbocycles. The molecule has 4 heteroatoms. The van der Waals surface area contributed by atoms with Gasteiger partial charge in [-0.25, -0.2) is 4.98 Å². The second kappa shape index (κ2) is 5.80. The lowest BCUT2D eigenvalue weighted by molar-refractivity contribution is 0.104. The molecule has 0 atom stereocenters. The minimum atomic E-state index is 0.638. The van der Waals surface area contributed by atoms with Crippen molar-refractivity contribution in [1.29, 1.82) is 0 Å². The predicted octanol–water partition coefficient (Wildman–Crippen LogP) is 2.26. The molecule has 0 N–H and O–H groups in total. The largest absolute Gasteiger partial charge is 0.298 e. The number of nitrogens with zero attached hydrogens (tertiary/aromatic N) is 3. The SMILES string of the molecule is CC(C)N1CCN(Cc2cccnc2Cl)CC1. The van der Waals surface area contributed by atoms with Crippen LogP contribution in [0.25, 0.3) is 0 Å². The van der Waals surface area contributed by atoms with Crippen LogP contribution in [-0.4, -0.2) is 47.0 Å². The second-order valence-corrected chi connectivity index (χ2v) is 5.22. The molecular formula is C13H20ClN3. The van der Waals surface area contributed by atoms with Crippen LogP contribution in [0.4, 0.5) is 0 Å². The summed E-state index contributed by atoms with van der Waals surface area (Å²) in [5.74, 6) is 0. The Hall–Kier alpha value is -0.640. The molecule has 94 valence electrons. The van der Waals surface area contributed by atoms with Gasteiger partial charge in [0.25, 0.3) is 0 Å². The van der Waals surface area contributed by atoms with Gasteiger partial charge in [-0.05, 0) is 19.9 Å². The molecule has 3 nitrogen and oxygen atoms in total. The standard InChI is InChI=1S/C13H20ClN3/c1-11(2)17-8-6-16(7-9-17)10-12-4-3-5-15-13(12)14/h3-5,11H,6-10H2,1-2H3. The molecule has 1 aliphatic rings. The van der Waals surface area contributed by atoms with Gasteiger partial charge in [0, 0.05) is 50.5 Å². The first-order valence-corrected chi connectivity index (χ1v) is 6.60. The number of hydrogen-bond acceptors (Lipinski definition) is 3. The van der Waals surface area contributed by atoms with Gasteiger partial charge in [-0.15, -0.1) is 0 Å². The lowest BCUT2D eigenvalue weighted by Crippen LogP contribution is -2.48. The van der Waals surface area contributed by atoms with Crippen molar-refractivity contribution in [2.24, 2.45) is 0 Å². The van der Waals surface area contributed by atoms with E-state index in [-0.39, 0.29) is 0 Å². The van der Waals surface area contributed by atoms with Crippen molar-refractivity contribution in [2.75, 3.05) is 26.2 Å². The molecule has 1 aromatic rings. The summed E-state index contributed by atoms with van der Waals surface area (Å²) < 4.78 is 0. The molecular weight excluding hydrogens is 234 g/mol. The zero-order valence-electron chi connectivity index (χ0n) is 10.6. The number of pyridine rings is 1. The highest BCUT2D eigenvalue weighted by Crippen LogP contribution is 2.15. The Morgan fingerprint density at radius 1 is 1.29 bits per heavy atom. The summed E-state index contributed by atoms with van der Waals surface area (Å²) in [6.07, 6.45) is 1.74. The van der Waals surface area contributed by atoms with Crippen LogP contribution in [0.2, 0.25) is 5.15 Å². The minimum absolute atomic E-state index is 0.638. The van der Waals surface area contributed by atoms with Crippen molar-refractivity contribution in [2.45, 2.75) is 26.4 Å². The molecule has 2 heterocycles. The summed E-state index contributed by atoms with van der Waals surface area (Å²) in [5, 5.41) is 0.638. The predicted molar refractivity (Wildman–Crippen MR) is 71.2 cm³/mol. The summed E-state index contributed by atoms with van der Waals surface area (Å²) >= 11 is 6.07. The maximum absolute atomic E-state index is 6.07. The van der Waals surface area contributed by atoms with E-state index in [0.717, 1.165) is 38.3 Å². The molecule has 1 saturated heterocycles. The summed E-state index contributed by atoms with van der Waals surface area (Å²) in [7, 11) is 0.